The molecular weight excluding hydrogens is 486 g/mol. The lowest BCUT2D eigenvalue weighted by Crippen LogP contribution is -2.48. The highest BCUT2D eigenvalue weighted by atomic mass is 32.1. The Morgan fingerprint density at radius 1 is 0.727 bits per heavy atom. The van der Waals surface area contributed by atoms with E-state index in [-0.39, 0.29) is 14.6 Å². The van der Waals surface area contributed by atoms with Gasteiger partial charge in [0.1, 0.15) is 6.29 Å². The summed E-state index contributed by atoms with van der Waals surface area (Å²) in [5, 5.41) is 0. The largest absolute Gasteiger partial charge is 0.380 e. The van der Waals surface area contributed by atoms with Crippen LogP contribution in [0.25, 0.3) is 21.6 Å². The van der Waals surface area contributed by atoms with E-state index in [0.29, 0.717) is 28.6 Å². The van der Waals surface area contributed by atoms with Crippen molar-refractivity contribution in [2.45, 2.75) is 31.6 Å². The summed E-state index contributed by atoms with van der Waals surface area (Å²) in [6.07, 6.45) is 0.966. The highest BCUT2D eigenvalue weighted by molar-refractivity contribution is 7.15. The molecule has 0 amide bonds. The van der Waals surface area contributed by atoms with Crippen LogP contribution in [0.4, 0.5) is 26.3 Å². The molecular formula is C23H14F6O2S2. The van der Waals surface area contributed by atoms with Crippen molar-refractivity contribution >= 4 is 46.4 Å². The van der Waals surface area contributed by atoms with Gasteiger partial charge in [0.05, 0.1) is 4.88 Å². The summed E-state index contributed by atoms with van der Waals surface area (Å²) in [5.41, 5.74) is -2.94. The Morgan fingerprint density at radius 3 is 1.73 bits per heavy atom. The summed E-state index contributed by atoms with van der Waals surface area (Å²) >= 11 is 1.74. The van der Waals surface area contributed by atoms with Crippen LogP contribution in [-0.2, 0) is 0 Å². The molecule has 0 spiro atoms. The van der Waals surface area contributed by atoms with Gasteiger partial charge in [-0.15, -0.1) is 22.7 Å². The lowest BCUT2D eigenvalue weighted by Gasteiger charge is -2.25. The number of alkyl halides is 6. The second-order valence-corrected chi connectivity index (χ2v) is 10.1. The van der Waals surface area contributed by atoms with Gasteiger partial charge in [-0.1, -0.05) is 24.3 Å². The number of rotatable bonds is 5. The van der Waals surface area contributed by atoms with Gasteiger partial charge in [-0.2, -0.15) is 26.3 Å². The van der Waals surface area contributed by atoms with Crippen molar-refractivity contribution in [3.8, 4) is 10.4 Å². The molecule has 2 heterocycles. The Hall–Kier alpha value is -2.72. The first kappa shape index (κ1) is 23.4. The van der Waals surface area contributed by atoms with E-state index in [4.69, 9.17) is 0 Å². The molecule has 0 saturated carbocycles. The molecule has 2 nitrogen and oxygen atoms in total. The van der Waals surface area contributed by atoms with Crippen molar-refractivity contribution in [1.29, 1.82) is 0 Å². The summed E-state index contributed by atoms with van der Waals surface area (Å²) in [5.74, 6) is -16.0. The predicted molar refractivity (Wildman–Crippen MR) is 116 cm³/mol. The zero-order valence-corrected chi connectivity index (χ0v) is 18.7. The molecule has 3 aromatic rings. The van der Waals surface area contributed by atoms with Crippen molar-refractivity contribution in [2.24, 2.45) is 0 Å². The van der Waals surface area contributed by atoms with Crippen LogP contribution in [0.1, 0.15) is 40.9 Å². The van der Waals surface area contributed by atoms with Crippen molar-refractivity contribution in [1.82, 2.24) is 0 Å². The molecule has 0 saturated heterocycles. The molecule has 0 fully saturated rings. The minimum Gasteiger partial charge on any atom is -0.298 e. The summed E-state index contributed by atoms with van der Waals surface area (Å²) in [7, 11) is 0. The van der Waals surface area contributed by atoms with Crippen LogP contribution in [-0.4, -0.2) is 30.3 Å². The van der Waals surface area contributed by atoms with Crippen LogP contribution in [0.2, 0.25) is 0 Å². The lowest BCUT2D eigenvalue weighted by atomic mass is 9.95. The van der Waals surface area contributed by atoms with E-state index in [2.05, 4.69) is 0 Å². The first-order valence-corrected chi connectivity index (χ1v) is 11.1. The average Bonchev–Trinajstić information content (AvgIpc) is 3.35. The molecule has 0 unspecified atom stereocenters. The summed E-state index contributed by atoms with van der Waals surface area (Å²) < 4.78 is 88.9. The molecule has 0 radical (unpaired) electrons. The quantitative estimate of drug-likeness (QED) is 0.268. The fraction of sp³-hybridized carbons (Fsp3) is 0.217. The van der Waals surface area contributed by atoms with Crippen LogP contribution >= 0.6 is 22.7 Å². The molecule has 1 aliphatic rings. The Kier molecular flexibility index (Phi) is 5.44. The number of halogens is 6. The Morgan fingerprint density at radius 2 is 1.24 bits per heavy atom. The Balaban J connectivity index is 2.01. The summed E-state index contributed by atoms with van der Waals surface area (Å²) in [4.78, 5) is 22.5. The van der Waals surface area contributed by atoms with Gasteiger partial charge in [-0.3, -0.25) is 9.59 Å². The van der Waals surface area contributed by atoms with E-state index in [1.54, 1.807) is 12.1 Å². The minimum atomic E-state index is -5.67. The molecule has 1 aromatic carbocycles. The van der Waals surface area contributed by atoms with Crippen LogP contribution in [0.15, 0.2) is 36.4 Å². The fourth-order valence-corrected chi connectivity index (χ4v) is 5.72. The van der Waals surface area contributed by atoms with Gasteiger partial charge in [-0.05, 0) is 42.7 Å². The van der Waals surface area contributed by atoms with Gasteiger partial charge < -0.3 is 0 Å². The van der Waals surface area contributed by atoms with Crippen molar-refractivity contribution in [3.05, 3.63) is 67.7 Å². The van der Waals surface area contributed by atoms with Crippen LogP contribution in [0, 0.1) is 13.8 Å². The van der Waals surface area contributed by atoms with E-state index in [0.717, 1.165) is 28.7 Å². The third-order valence-electron chi connectivity index (χ3n) is 5.51. The van der Waals surface area contributed by atoms with Crippen LogP contribution < -0.4 is 0 Å². The van der Waals surface area contributed by atoms with E-state index < -0.39 is 40.0 Å². The molecule has 10 heteroatoms. The van der Waals surface area contributed by atoms with Crippen molar-refractivity contribution in [2.75, 3.05) is 0 Å². The van der Waals surface area contributed by atoms with Crippen molar-refractivity contribution < 1.29 is 35.9 Å². The number of allylic oxidation sites excluding steroid dienone is 2. The number of thiophene rings is 2. The second-order valence-electron chi connectivity index (χ2n) is 7.53. The van der Waals surface area contributed by atoms with Gasteiger partial charge in [0.2, 0.25) is 0 Å². The Labute approximate surface area is 192 Å². The zero-order chi connectivity index (χ0) is 24.3. The zero-order valence-electron chi connectivity index (χ0n) is 17.0. The number of hydrogen-bond acceptors (Lipinski definition) is 4. The molecule has 33 heavy (non-hydrogen) atoms. The normalized spacial score (nSPS) is 18.5. The summed E-state index contributed by atoms with van der Waals surface area (Å²) in [6, 6.07) is 8.19. The lowest BCUT2D eigenvalue weighted by molar-refractivity contribution is -0.254. The van der Waals surface area contributed by atoms with E-state index in [1.165, 1.54) is 32.0 Å². The average molecular weight is 500 g/mol. The topological polar surface area (TPSA) is 34.1 Å². The monoisotopic (exact) mass is 500 g/mol. The maximum atomic E-state index is 15.0. The van der Waals surface area contributed by atoms with Gasteiger partial charge in [0, 0.05) is 31.3 Å². The SMILES string of the molecule is Cc1sc(C=O)cc1C1=C(c2cc(-c3ccc(C=O)cc3)sc2C)C(F)(F)C(F)(F)C1(F)F. The van der Waals surface area contributed by atoms with E-state index in [1.807, 2.05) is 0 Å². The highest BCUT2D eigenvalue weighted by Gasteiger charge is 2.80. The van der Waals surface area contributed by atoms with Crippen LogP contribution in [0.3, 0.4) is 0 Å². The van der Waals surface area contributed by atoms with Crippen LogP contribution in [0.5, 0.6) is 0 Å². The molecule has 4 rings (SSSR count). The number of aldehydes is 2. The second kappa shape index (κ2) is 7.66. The molecule has 2 aromatic heterocycles. The predicted octanol–water partition coefficient (Wildman–Crippen LogP) is 7.55. The number of aryl methyl sites for hydroxylation is 2. The van der Waals surface area contributed by atoms with Gasteiger partial charge in [0.15, 0.2) is 6.29 Å². The maximum Gasteiger partial charge on any atom is 0.380 e. The first-order chi connectivity index (χ1) is 15.4. The van der Waals surface area contributed by atoms with Gasteiger partial charge >= 0.3 is 17.8 Å². The fourth-order valence-electron chi connectivity index (χ4n) is 3.84. The Bertz CT molecular complexity index is 1300. The molecule has 0 N–H and O–H groups in total. The maximum absolute atomic E-state index is 15.0. The molecule has 0 bridgehead atoms. The number of benzene rings is 1. The molecule has 172 valence electrons. The summed E-state index contributed by atoms with van der Waals surface area (Å²) in [6.45, 7) is 2.69. The molecule has 0 atom stereocenters. The van der Waals surface area contributed by atoms with Gasteiger partial charge in [-0.25, -0.2) is 0 Å². The number of carbonyl (C=O) groups is 2. The van der Waals surface area contributed by atoms with Crippen molar-refractivity contribution in [3.63, 3.8) is 0 Å². The first-order valence-electron chi connectivity index (χ1n) is 9.48. The van der Waals surface area contributed by atoms with E-state index >= 15 is 8.78 Å². The number of hydrogen-bond donors (Lipinski definition) is 0. The number of carbonyl (C=O) groups excluding carboxylic acids is 2. The smallest absolute Gasteiger partial charge is 0.298 e. The van der Waals surface area contributed by atoms with Gasteiger partial charge in [0.25, 0.3) is 0 Å². The minimum absolute atomic E-state index is 0.0401. The molecule has 0 aliphatic heterocycles. The third-order valence-corrected chi connectivity index (χ3v) is 7.58. The van der Waals surface area contributed by atoms with E-state index in [9.17, 15) is 27.2 Å². The third kappa shape index (κ3) is 3.30. The standard InChI is InChI=1S/C23H14F6O2S2/c1-11-16(7-15(10-31)32-11)19-20(22(26,27)23(28,29)21(19,24)25)17-8-18(33-12(17)2)14-5-3-13(9-30)4-6-14/h3-10H,1-2H3. The molecule has 1 aliphatic carbocycles. The highest BCUT2D eigenvalue weighted by Crippen LogP contribution is 2.65.